The Balaban J connectivity index is 0.00000112. The molecule has 0 radical (unpaired) electrons. The van der Waals surface area contributed by atoms with Gasteiger partial charge in [0.25, 0.3) is 0 Å². The minimum Gasteiger partial charge on any atom is -0.0807 e. The van der Waals surface area contributed by atoms with Gasteiger partial charge in [-0.3, -0.25) is 0 Å². The zero-order valence-electron chi connectivity index (χ0n) is 8.87. The third-order valence-electron chi connectivity index (χ3n) is 3.03. The first-order valence-electron chi connectivity index (χ1n) is 5.59. The molecule has 0 bridgehead atoms. The Hall–Kier alpha value is -1.04. The van der Waals surface area contributed by atoms with Gasteiger partial charge in [-0.25, -0.2) is 0 Å². The lowest BCUT2D eigenvalue weighted by Crippen LogP contribution is -2.02. The fourth-order valence-electron chi connectivity index (χ4n) is 2.02. The molecular weight excluding hydrogens is 180 g/mol. The third kappa shape index (κ3) is 3.23. The largest absolute Gasteiger partial charge is 0.0807 e. The Morgan fingerprint density at radius 1 is 1.27 bits per heavy atom. The highest BCUT2D eigenvalue weighted by molar-refractivity contribution is 5.43. The highest BCUT2D eigenvalue weighted by Crippen LogP contribution is 2.28. The molecular formula is C15H22. The summed E-state index contributed by atoms with van der Waals surface area (Å²) in [6, 6.07) is 0. The van der Waals surface area contributed by atoms with Crippen LogP contribution < -0.4 is 0 Å². The lowest BCUT2D eigenvalue weighted by atomic mass is 9.87. The van der Waals surface area contributed by atoms with Gasteiger partial charge in [-0.15, -0.1) is 0 Å². The molecule has 2 rings (SSSR count). The van der Waals surface area contributed by atoms with E-state index in [0.717, 1.165) is 12.3 Å². The van der Waals surface area contributed by atoms with Crippen LogP contribution in [0.25, 0.3) is 0 Å². The molecule has 15 heavy (non-hydrogen) atoms. The standard InChI is InChI=1S/C14H18.CH4/c1-12-8-10-14(11-9-12)13-6-4-2-3-5-7-13;/h2,4-7,10,12H,3,8-9,11H2,1H3;1H4. The van der Waals surface area contributed by atoms with Crippen LogP contribution in [0.2, 0.25) is 0 Å². The highest BCUT2D eigenvalue weighted by atomic mass is 14.2. The zero-order chi connectivity index (χ0) is 9.80. The fraction of sp³-hybridized carbons (Fsp3) is 0.467. The molecule has 1 atom stereocenters. The molecule has 0 aromatic carbocycles. The second kappa shape index (κ2) is 5.75. The average molecular weight is 202 g/mol. The highest BCUT2D eigenvalue weighted by Gasteiger charge is 2.11. The van der Waals surface area contributed by atoms with Crippen molar-refractivity contribution in [3.05, 3.63) is 47.6 Å². The second-order valence-electron chi connectivity index (χ2n) is 4.30. The summed E-state index contributed by atoms with van der Waals surface area (Å²) < 4.78 is 0. The monoisotopic (exact) mass is 202 g/mol. The van der Waals surface area contributed by atoms with Gasteiger partial charge in [0.05, 0.1) is 0 Å². The summed E-state index contributed by atoms with van der Waals surface area (Å²) in [5, 5.41) is 0. The normalized spacial score (nSPS) is 25.0. The number of rotatable bonds is 1. The van der Waals surface area contributed by atoms with Crippen molar-refractivity contribution in [3.8, 4) is 0 Å². The first-order chi connectivity index (χ1) is 6.86. The summed E-state index contributed by atoms with van der Waals surface area (Å²) in [4.78, 5) is 0. The average Bonchev–Trinajstić information content (AvgIpc) is 2.47. The molecule has 82 valence electrons. The van der Waals surface area contributed by atoms with Crippen LogP contribution in [0, 0.1) is 5.92 Å². The van der Waals surface area contributed by atoms with E-state index in [9.17, 15) is 0 Å². The zero-order valence-corrected chi connectivity index (χ0v) is 8.87. The van der Waals surface area contributed by atoms with Crippen molar-refractivity contribution in [2.45, 2.75) is 40.0 Å². The third-order valence-corrected chi connectivity index (χ3v) is 3.03. The van der Waals surface area contributed by atoms with Gasteiger partial charge in [-0.2, -0.15) is 0 Å². The maximum atomic E-state index is 2.42. The number of hydrogen-bond donors (Lipinski definition) is 0. The van der Waals surface area contributed by atoms with Crippen LogP contribution in [-0.2, 0) is 0 Å². The minimum absolute atomic E-state index is 0. The quantitative estimate of drug-likeness (QED) is 0.572. The molecule has 0 heterocycles. The van der Waals surface area contributed by atoms with Crippen LogP contribution >= 0.6 is 0 Å². The maximum absolute atomic E-state index is 2.42. The van der Waals surface area contributed by atoms with Crippen LogP contribution in [0.4, 0.5) is 0 Å². The second-order valence-corrected chi connectivity index (χ2v) is 4.30. The van der Waals surface area contributed by atoms with Gasteiger partial charge >= 0.3 is 0 Å². The number of allylic oxidation sites excluding steroid dienone is 8. The Bertz CT molecular complexity index is 313. The topological polar surface area (TPSA) is 0 Å². The Kier molecular flexibility index (Phi) is 4.61. The van der Waals surface area contributed by atoms with Crippen molar-refractivity contribution >= 4 is 0 Å². The van der Waals surface area contributed by atoms with E-state index in [1.807, 2.05) is 0 Å². The molecule has 0 N–H and O–H groups in total. The van der Waals surface area contributed by atoms with E-state index in [4.69, 9.17) is 0 Å². The van der Waals surface area contributed by atoms with Crippen molar-refractivity contribution in [2.75, 3.05) is 0 Å². The molecule has 0 fully saturated rings. The molecule has 0 nitrogen and oxygen atoms in total. The van der Waals surface area contributed by atoms with Gasteiger partial charge in [0, 0.05) is 0 Å². The smallest absolute Gasteiger partial charge is 0.0163 e. The van der Waals surface area contributed by atoms with Crippen molar-refractivity contribution < 1.29 is 0 Å². The maximum Gasteiger partial charge on any atom is -0.0163 e. The van der Waals surface area contributed by atoms with Gasteiger partial charge in [0.1, 0.15) is 0 Å². The summed E-state index contributed by atoms with van der Waals surface area (Å²) in [7, 11) is 0. The van der Waals surface area contributed by atoms with Gasteiger partial charge in [-0.05, 0) is 42.7 Å². The molecule has 0 aliphatic heterocycles. The van der Waals surface area contributed by atoms with Gasteiger partial charge < -0.3 is 0 Å². The molecule has 0 heteroatoms. The van der Waals surface area contributed by atoms with Crippen LogP contribution in [0.15, 0.2) is 47.6 Å². The van der Waals surface area contributed by atoms with Crippen molar-refractivity contribution in [2.24, 2.45) is 5.92 Å². The van der Waals surface area contributed by atoms with E-state index in [1.54, 1.807) is 5.57 Å². The lowest BCUT2D eigenvalue weighted by molar-refractivity contribution is 0.517. The lowest BCUT2D eigenvalue weighted by Gasteiger charge is -2.18. The predicted molar refractivity (Wildman–Crippen MR) is 68.8 cm³/mol. The van der Waals surface area contributed by atoms with Crippen molar-refractivity contribution in [1.82, 2.24) is 0 Å². The van der Waals surface area contributed by atoms with E-state index >= 15 is 0 Å². The van der Waals surface area contributed by atoms with Crippen LogP contribution in [0.3, 0.4) is 0 Å². The summed E-state index contributed by atoms with van der Waals surface area (Å²) >= 11 is 0. The number of hydrogen-bond acceptors (Lipinski definition) is 0. The van der Waals surface area contributed by atoms with E-state index in [-0.39, 0.29) is 7.43 Å². The van der Waals surface area contributed by atoms with Crippen LogP contribution in [0.1, 0.15) is 40.0 Å². The molecule has 2 aliphatic rings. The molecule has 0 saturated carbocycles. The first kappa shape index (κ1) is 12.0. The SMILES string of the molecule is C.CC1CC=C(C2=CC=CCC=C2)CC1. The molecule has 0 aromatic heterocycles. The molecule has 1 unspecified atom stereocenters. The van der Waals surface area contributed by atoms with Crippen molar-refractivity contribution in [3.63, 3.8) is 0 Å². The summed E-state index contributed by atoms with van der Waals surface area (Å²) in [5.74, 6) is 0.879. The first-order valence-corrected chi connectivity index (χ1v) is 5.59. The van der Waals surface area contributed by atoms with E-state index < -0.39 is 0 Å². The predicted octanol–water partition coefficient (Wildman–Crippen LogP) is 4.81. The molecule has 0 aromatic rings. The Morgan fingerprint density at radius 3 is 2.87 bits per heavy atom. The molecule has 2 aliphatic carbocycles. The van der Waals surface area contributed by atoms with Crippen LogP contribution in [0.5, 0.6) is 0 Å². The Morgan fingerprint density at radius 2 is 2.13 bits per heavy atom. The summed E-state index contributed by atoms with van der Waals surface area (Å²) in [6.45, 7) is 2.34. The molecule has 0 amide bonds. The molecule has 0 saturated heterocycles. The van der Waals surface area contributed by atoms with Gasteiger partial charge in [0.2, 0.25) is 0 Å². The minimum atomic E-state index is 0. The fourth-order valence-corrected chi connectivity index (χ4v) is 2.02. The van der Waals surface area contributed by atoms with Gasteiger partial charge in [-0.1, -0.05) is 50.8 Å². The van der Waals surface area contributed by atoms with Gasteiger partial charge in [0.15, 0.2) is 0 Å². The van der Waals surface area contributed by atoms with Crippen LogP contribution in [-0.4, -0.2) is 0 Å². The van der Waals surface area contributed by atoms with E-state index in [1.165, 1.54) is 24.8 Å². The van der Waals surface area contributed by atoms with E-state index in [2.05, 4.69) is 43.4 Å². The Labute approximate surface area is 94.1 Å². The van der Waals surface area contributed by atoms with Crippen molar-refractivity contribution in [1.29, 1.82) is 0 Å². The summed E-state index contributed by atoms with van der Waals surface area (Å²) in [6.07, 6.45) is 18.5. The van der Waals surface area contributed by atoms with E-state index in [0.29, 0.717) is 0 Å². The summed E-state index contributed by atoms with van der Waals surface area (Å²) in [5.41, 5.74) is 2.97. The molecule has 0 spiro atoms.